The highest BCUT2D eigenvalue weighted by molar-refractivity contribution is 7.09. The zero-order valence-electron chi connectivity index (χ0n) is 17.8. The van der Waals surface area contributed by atoms with Crippen molar-refractivity contribution in [1.82, 2.24) is 0 Å². The Balaban J connectivity index is 1.47. The number of nitrogens with zero attached hydrogens (tertiary/aromatic N) is 3. The van der Waals surface area contributed by atoms with Gasteiger partial charge in [0.05, 0.1) is 17.2 Å². The van der Waals surface area contributed by atoms with Gasteiger partial charge in [-0.05, 0) is 29.6 Å². The van der Waals surface area contributed by atoms with Gasteiger partial charge < -0.3 is 19.1 Å². The van der Waals surface area contributed by atoms with Crippen LogP contribution < -0.4 is 24.0 Å². The van der Waals surface area contributed by atoms with E-state index in [1.54, 1.807) is 23.1 Å². The lowest BCUT2D eigenvalue weighted by Crippen LogP contribution is -2.46. The van der Waals surface area contributed by atoms with E-state index in [4.69, 9.17) is 14.2 Å². The molecule has 0 saturated heterocycles. The van der Waals surface area contributed by atoms with E-state index in [1.807, 2.05) is 17.5 Å². The summed E-state index contributed by atoms with van der Waals surface area (Å²) in [6.07, 6.45) is 0. The van der Waals surface area contributed by atoms with E-state index in [2.05, 4.69) is 0 Å². The second kappa shape index (κ2) is 9.02. The third kappa shape index (κ3) is 4.25. The second-order valence-corrected chi connectivity index (χ2v) is 8.60. The summed E-state index contributed by atoms with van der Waals surface area (Å²) in [6, 6.07) is 13.0. The van der Waals surface area contributed by atoms with E-state index in [1.165, 1.54) is 34.4 Å². The summed E-state index contributed by atoms with van der Waals surface area (Å²) >= 11 is 1.51. The van der Waals surface area contributed by atoms with Crippen LogP contribution in [0.1, 0.15) is 4.88 Å². The van der Waals surface area contributed by atoms with Gasteiger partial charge in [0, 0.05) is 28.8 Å². The summed E-state index contributed by atoms with van der Waals surface area (Å²) in [6.45, 7) is 0.585. The van der Waals surface area contributed by atoms with Crippen LogP contribution in [0.25, 0.3) is 0 Å². The molecule has 2 amide bonds. The van der Waals surface area contributed by atoms with Gasteiger partial charge in [-0.2, -0.15) is 0 Å². The fraction of sp³-hybridized carbons (Fsp3) is 0.217. The van der Waals surface area contributed by atoms with Gasteiger partial charge >= 0.3 is 0 Å². The summed E-state index contributed by atoms with van der Waals surface area (Å²) in [5.74, 6) is 0.624. The lowest BCUT2D eigenvalue weighted by atomic mass is 10.2. The van der Waals surface area contributed by atoms with Gasteiger partial charge in [-0.15, -0.1) is 11.3 Å². The molecule has 2 aromatic carbocycles. The topological polar surface area (TPSA) is 111 Å². The van der Waals surface area contributed by atoms with Gasteiger partial charge in [-0.1, -0.05) is 6.07 Å². The molecule has 174 valence electrons. The van der Waals surface area contributed by atoms with Crippen molar-refractivity contribution >= 4 is 40.2 Å². The highest BCUT2D eigenvalue weighted by Crippen LogP contribution is 2.37. The monoisotopic (exact) mass is 481 g/mol. The van der Waals surface area contributed by atoms with Crippen molar-refractivity contribution in [3.63, 3.8) is 0 Å². The number of anilines is 2. The predicted octanol–water partition coefficient (Wildman–Crippen LogP) is 3.39. The molecule has 5 rings (SSSR count). The minimum atomic E-state index is -0.558. The largest absolute Gasteiger partial charge is 0.486 e. The van der Waals surface area contributed by atoms with Gasteiger partial charge in [-0.25, -0.2) is 0 Å². The zero-order chi connectivity index (χ0) is 23.7. The van der Waals surface area contributed by atoms with Crippen molar-refractivity contribution in [2.24, 2.45) is 0 Å². The van der Waals surface area contributed by atoms with Crippen LogP contribution in [0, 0.1) is 10.1 Å². The van der Waals surface area contributed by atoms with Gasteiger partial charge in [0.1, 0.15) is 25.5 Å². The van der Waals surface area contributed by atoms with Gasteiger partial charge in [0.2, 0.25) is 5.91 Å². The molecule has 0 unspecified atom stereocenters. The molecule has 0 radical (unpaired) electrons. The number of thiophene rings is 1. The number of rotatable bonds is 6. The van der Waals surface area contributed by atoms with E-state index in [-0.39, 0.29) is 37.0 Å². The number of ether oxygens (including phenoxy) is 3. The van der Waals surface area contributed by atoms with Crippen molar-refractivity contribution < 1.29 is 28.7 Å². The van der Waals surface area contributed by atoms with E-state index in [9.17, 15) is 19.7 Å². The number of hydrogen-bond donors (Lipinski definition) is 0. The predicted molar refractivity (Wildman–Crippen MR) is 124 cm³/mol. The third-order valence-electron chi connectivity index (χ3n) is 5.42. The Labute approximate surface area is 198 Å². The normalized spacial score (nSPS) is 14.2. The summed E-state index contributed by atoms with van der Waals surface area (Å²) in [4.78, 5) is 40.7. The summed E-state index contributed by atoms with van der Waals surface area (Å²) < 4.78 is 16.7. The Kier molecular flexibility index (Phi) is 5.76. The second-order valence-electron chi connectivity index (χ2n) is 7.56. The fourth-order valence-electron chi connectivity index (χ4n) is 3.78. The molecule has 0 spiro atoms. The van der Waals surface area contributed by atoms with Crippen LogP contribution in [0.3, 0.4) is 0 Å². The number of fused-ring (bicyclic) bond motifs is 2. The molecule has 11 heteroatoms. The van der Waals surface area contributed by atoms with Crippen molar-refractivity contribution in [3.05, 3.63) is 68.9 Å². The fourth-order valence-corrected chi connectivity index (χ4v) is 4.47. The van der Waals surface area contributed by atoms with Crippen LogP contribution in [-0.2, 0) is 16.1 Å². The number of hydrogen-bond acceptors (Lipinski definition) is 8. The molecule has 2 aliphatic heterocycles. The Morgan fingerprint density at radius 1 is 1.06 bits per heavy atom. The first kappa shape index (κ1) is 21.7. The summed E-state index contributed by atoms with van der Waals surface area (Å²) in [7, 11) is 0. The van der Waals surface area contributed by atoms with E-state index in [0.717, 1.165) is 4.88 Å². The number of nitro groups is 1. The molecular weight excluding hydrogens is 462 g/mol. The number of nitro benzene ring substituents is 1. The van der Waals surface area contributed by atoms with Gasteiger partial charge in [0.25, 0.3) is 11.6 Å². The van der Waals surface area contributed by atoms with Crippen molar-refractivity contribution in [1.29, 1.82) is 0 Å². The first-order valence-corrected chi connectivity index (χ1v) is 11.3. The molecule has 2 aliphatic rings. The van der Waals surface area contributed by atoms with E-state index < -0.39 is 10.8 Å². The molecule has 10 nitrogen and oxygen atoms in total. The average molecular weight is 481 g/mol. The van der Waals surface area contributed by atoms with Crippen LogP contribution >= 0.6 is 11.3 Å². The maximum Gasteiger partial charge on any atom is 0.271 e. The van der Waals surface area contributed by atoms with Crippen LogP contribution in [0.2, 0.25) is 0 Å². The third-order valence-corrected chi connectivity index (χ3v) is 6.28. The molecule has 0 saturated carbocycles. The first-order valence-electron chi connectivity index (χ1n) is 10.4. The molecule has 34 heavy (non-hydrogen) atoms. The number of amides is 2. The first-order chi connectivity index (χ1) is 16.5. The minimum Gasteiger partial charge on any atom is -0.486 e. The lowest BCUT2D eigenvalue weighted by molar-refractivity contribution is -0.384. The number of non-ortho nitro benzene ring substituents is 1. The van der Waals surface area contributed by atoms with Gasteiger partial charge in [0.15, 0.2) is 18.1 Å². The molecule has 3 heterocycles. The molecule has 0 N–H and O–H groups in total. The van der Waals surface area contributed by atoms with Crippen LogP contribution in [-0.4, -0.2) is 43.1 Å². The van der Waals surface area contributed by atoms with Crippen molar-refractivity contribution in [3.8, 4) is 17.2 Å². The molecule has 3 aromatic rings. The Morgan fingerprint density at radius 3 is 2.62 bits per heavy atom. The quantitative estimate of drug-likeness (QED) is 0.392. The molecule has 0 bridgehead atoms. The maximum atomic E-state index is 13.6. The molecule has 0 aliphatic carbocycles. The smallest absolute Gasteiger partial charge is 0.271 e. The Morgan fingerprint density at radius 2 is 1.85 bits per heavy atom. The number of carbonyl (C=O) groups is 2. The van der Waals surface area contributed by atoms with E-state index >= 15 is 0 Å². The summed E-state index contributed by atoms with van der Waals surface area (Å²) in [5.41, 5.74) is 0.580. The van der Waals surface area contributed by atoms with Crippen LogP contribution in [0.4, 0.5) is 17.1 Å². The minimum absolute atomic E-state index is 0.192. The van der Waals surface area contributed by atoms with Gasteiger partial charge in [-0.3, -0.25) is 24.6 Å². The van der Waals surface area contributed by atoms with Crippen molar-refractivity contribution in [2.75, 3.05) is 36.2 Å². The Bertz CT molecular complexity index is 1260. The average Bonchev–Trinajstić information content (AvgIpc) is 3.37. The Hall–Kier alpha value is -4.12. The van der Waals surface area contributed by atoms with Crippen LogP contribution in [0.15, 0.2) is 53.9 Å². The molecule has 0 atom stereocenters. The van der Waals surface area contributed by atoms with Crippen LogP contribution in [0.5, 0.6) is 17.2 Å². The summed E-state index contributed by atoms with van der Waals surface area (Å²) in [5, 5.41) is 13.2. The zero-order valence-corrected chi connectivity index (χ0v) is 18.7. The van der Waals surface area contributed by atoms with E-state index in [0.29, 0.717) is 36.1 Å². The number of carbonyl (C=O) groups excluding carboxylic acids is 2. The number of benzene rings is 2. The highest BCUT2D eigenvalue weighted by atomic mass is 32.1. The standard InChI is InChI=1S/C23H19N3O7S/c27-22(13-25-18-10-16(26(29)30)4-5-19(18)33-14-23(25)28)24(12-17-2-1-9-34-17)15-3-6-20-21(11-15)32-8-7-31-20/h1-6,9-11H,7-8,12-14H2. The molecule has 0 fully saturated rings. The lowest BCUT2D eigenvalue weighted by Gasteiger charge is -2.31. The van der Waals surface area contributed by atoms with Crippen molar-refractivity contribution in [2.45, 2.75) is 6.54 Å². The molecule has 1 aromatic heterocycles. The highest BCUT2D eigenvalue weighted by Gasteiger charge is 2.31. The molecular formula is C23H19N3O7S. The maximum absolute atomic E-state index is 13.6. The SMILES string of the molecule is O=C(CN1C(=O)COc2ccc([N+](=O)[O-])cc21)N(Cc1cccs1)c1ccc2c(c1)OCCO2.